The first-order valence-corrected chi connectivity index (χ1v) is 13.5. The second-order valence-electron chi connectivity index (χ2n) is 9.78. The second kappa shape index (κ2) is 13.2. The highest BCUT2D eigenvalue weighted by Crippen LogP contribution is 2.42. The van der Waals surface area contributed by atoms with Gasteiger partial charge in [-0.1, -0.05) is 42.5 Å². The predicted molar refractivity (Wildman–Crippen MR) is 156 cm³/mol. The van der Waals surface area contributed by atoms with Gasteiger partial charge >= 0.3 is 5.97 Å². The fourth-order valence-corrected chi connectivity index (χ4v) is 4.84. The summed E-state index contributed by atoms with van der Waals surface area (Å²) in [6.07, 6.45) is -4.92. The molecule has 2 heterocycles. The zero-order valence-corrected chi connectivity index (χ0v) is 23.7. The van der Waals surface area contributed by atoms with Gasteiger partial charge in [0.05, 0.1) is 26.4 Å². The number of para-hydroxylation sites is 1. The number of aliphatic hydroxyl groups is 3. The highest BCUT2D eigenvalue weighted by Gasteiger charge is 2.47. The Balaban J connectivity index is 1.41. The molecule has 0 amide bonds. The van der Waals surface area contributed by atoms with Gasteiger partial charge in [-0.3, -0.25) is 4.79 Å². The molecule has 0 spiro atoms. The Morgan fingerprint density at radius 3 is 2.39 bits per heavy atom. The Bertz CT molecular complexity index is 1710. The van der Waals surface area contributed by atoms with Gasteiger partial charge in [0.15, 0.2) is 22.9 Å². The van der Waals surface area contributed by atoms with E-state index in [0.29, 0.717) is 0 Å². The molecule has 1 fully saturated rings. The van der Waals surface area contributed by atoms with Gasteiger partial charge in [-0.05, 0) is 23.8 Å². The number of carbonyl (C=O) groups excluding carboxylic acids is 1. The lowest BCUT2D eigenvalue weighted by molar-refractivity contribution is -0.280. The zero-order chi connectivity index (χ0) is 31.4. The van der Waals surface area contributed by atoms with Crippen LogP contribution < -0.4 is 19.6 Å². The SMILES string of the molecule is COc1cc(O)c2c(=O)cc(-c3ccccc3O[C@H]3O[C@@H](CO)[C@H](OC(=O)C=Cc4ccccc4)[C@@H](O)[C@@H]3O)oc2c1OC. The summed E-state index contributed by atoms with van der Waals surface area (Å²) in [4.78, 5) is 25.5. The van der Waals surface area contributed by atoms with Gasteiger partial charge in [0.2, 0.25) is 12.0 Å². The number of carbonyl (C=O) groups is 1. The summed E-state index contributed by atoms with van der Waals surface area (Å²) in [5, 5.41) is 42.0. The maximum atomic E-state index is 13.1. The fourth-order valence-electron chi connectivity index (χ4n) is 4.84. The van der Waals surface area contributed by atoms with Gasteiger partial charge in [-0.25, -0.2) is 4.79 Å². The number of phenols is 1. The topological polar surface area (TPSA) is 174 Å². The Hall–Kier alpha value is -4.88. The number of esters is 1. The van der Waals surface area contributed by atoms with Crippen LogP contribution in [0.3, 0.4) is 0 Å². The van der Waals surface area contributed by atoms with Crippen LogP contribution in [0.5, 0.6) is 23.0 Å². The third kappa shape index (κ3) is 6.10. The molecule has 1 aliphatic rings. The number of aliphatic hydroxyl groups excluding tert-OH is 3. The smallest absolute Gasteiger partial charge is 0.331 e. The lowest BCUT2D eigenvalue weighted by Crippen LogP contribution is -2.61. The molecule has 44 heavy (non-hydrogen) atoms. The average molecular weight is 607 g/mol. The molecule has 5 rings (SSSR count). The number of hydrogen-bond acceptors (Lipinski definition) is 12. The van der Waals surface area contributed by atoms with E-state index in [2.05, 4.69) is 0 Å². The molecule has 230 valence electrons. The van der Waals surface area contributed by atoms with Crippen LogP contribution in [0.4, 0.5) is 0 Å². The van der Waals surface area contributed by atoms with E-state index >= 15 is 0 Å². The standard InChI is InChI=1S/C32H30O12/c1-39-23-15-20(35)26-19(34)14-22(41-31(26)30(23)40-2)18-10-6-7-11-21(18)42-32-28(38)27(37)29(24(16-33)43-32)44-25(36)13-12-17-8-4-3-5-9-17/h3-15,24,27-29,32-33,35,37-38H,16H2,1-2H3/t24-,27-,28-,29-,32-/m0/s1. The number of methoxy groups -OCH3 is 2. The number of hydrogen-bond donors (Lipinski definition) is 4. The molecule has 0 bridgehead atoms. The van der Waals surface area contributed by atoms with Crippen LogP contribution in [0, 0.1) is 0 Å². The number of benzene rings is 3. The third-order valence-corrected chi connectivity index (χ3v) is 7.01. The first-order chi connectivity index (χ1) is 21.2. The van der Waals surface area contributed by atoms with Crippen molar-refractivity contribution in [3.8, 4) is 34.3 Å². The Morgan fingerprint density at radius 1 is 0.955 bits per heavy atom. The van der Waals surface area contributed by atoms with Crippen LogP contribution in [0.25, 0.3) is 28.4 Å². The minimum absolute atomic E-state index is 0.0191. The molecule has 4 N–H and O–H groups in total. The van der Waals surface area contributed by atoms with Crippen LogP contribution in [0.2, 0.25) is 0 Å². The van der Waals surface area contributed by atoms with Gasteiger partial charge in [-0.15, -0.1) is 0 Å². The lowest BCUT2D eigenvalue weighted by Gasteiger charge is -2.41. The van der Waals surface area contributed by atoms with E-state index in [4.69, 9.17) is 28.1 Å². The highest BCUT2D eigenvalue weighted by molar-refractivity contribution is 5.92. The van der Waals surface area contributed by atoms with Crippen molar-refractivity contribution in [2.45, 2.75) is 30.7 Å². The maximum Gasteiger partial charge on any atom is 0.331 e. The molecule has 12 nitrogen and oxygen atoms in total. The number of aromatic hydroxyl groups is 1. The molecule has 3 aromatic carbocycles. The highest BCUT2D eigenvalue weighted by atomic mass is 16.7. The van der Waals surface area contributed by atoms with Gasteiger partial charge < -0.3 is 48.5 Å². The summed E-state index contributed by atoms with van der Waals surface area (Å²) in [5.74, 6) is -0.870. The molecule has 0 unspecified atom stereocenters. The molecular formula is C32H30O12. The molecule has 12 heteroatoms. The molecule has 4 aromatic rings. The molecular weight excluding hydrogens is 576 g/mol. The number of fused-ring (bicyclic) bond motifs is 1. The van der Waals surface area contributed by atoms with E-state index in [9.17, 15) is 30.0 Å². The van der Waals surface area contributed by atoms with E-state index in [1.54, 1.807) is 42.5 Å². The van der Waals surface area contributed by atoms with Crippen molar-refractivity contribution in [1.29, 1.82) is 0 Å². The van der Waals surface area contributed by atoms with Crippen molar-refractivity contribution >= 4 is 23.0 Å². The van der Waals surface area contributed by atoms with E-state index < -0.39 is 48.7 Å². The monoisotopic (exact) mass is 606 g/mol. The molecule has 5 atom stereocenters. The van der Waals surface area contributed by atoms with Gasteiger partial charge in [-0.2, -0.15) is 0 Å². The van der Waals surface area contributed by atoms with Crippen LogP contribution in [0.15, 0.2) is 82.0 Å². The summed E-state index contributed by atoms with van der Waals surface area (Å²) in [5.41, 5.74) is 0.344. The summed E-state index contributed by atoms with van der Waals surface area (Å²) in [7, 11) is 2.72. The summed E-state index contributed by atoms with van der Waals surface area (Å²) in [6, 6.07) is 17.7. The molecule has 0 aliphatic carbocycles. The van der Waals surface area contributed by atoms with E-state index in [-0.39, 0.29) is 45.3 Å². The van der Waals surface area contributed by atoms with E-state index in [1.807, 2.05) is 6.07 Å². The summed E-state index contributed by atoms with van der Waals surface area (Å²) >= 11 is 0. The number of rotatable bonds is 9. The zero-order valence-electron chi connectivity index (χ0n) is 23.7. The Morgan fingerprint density at radius 2 is 1.68 bits per heavy atom. The molecule has 1 aromatic heterocycles. The van der Waals surface area contributed by atoms with Crippen LogP contribution in [-0.2, 0) is 14.3 Å². The van der Waals surface area contributed by atoms with Crippen LogP contribution in [-0.4, -0.2) is 77.9 Å². The summed E-state index contributed by atoms with van der Waals surface area (Å²) in [6.45, 7) is -0.670. The summed E-state index contributed by atoms with van der Waals surface area (Å²) < 4.78 is 33.6. The van der Waals surface area contributed by atoms with Gasteiger partial charge in [0.1, 0.15) is 41.0 Å². The van der Waals surface area contributed by atoms with Crippen molar-refractivity contribution < 1.29 is 53.3 Å². The maximum absolute atomic E-state index is 13.1. The van der Waals surface area contributed by atoms with Crippen molar-refractivity contribution in [2.24, 2.45) is 0 Å². The molecule has 1 saturated heterocycles. The van der Waals surface area contributed by atoms with Crippen molar-refractivity contribution in [3.05, 3.63) is 88.6 Å². The number of phenolic OH excluding ortho intramolecular Hbond substituents is 1. The third-order valence-electron chi connectivity index (χ3n) is 7.01. The number of ether oxygens (including phenoxy) is 5. The Labute approximate surface area is 250 Å². The van der Waals surface area contributed by atoms with Crippen LogP contribution in [0.1, 0.15) is 5.56 Å². The van der Waals surface area contributed by atoms with E-state index in [1.165, 1.54) is 32.4 Å². The lowest BCUT2D eigenvalue weighted by atomic mass is 9.99. The molecule has 0 saturated carbocycles. The molecule has 1 aliphatic heterocycles. The second-order valence-corrected chi connectivity index (χ2v) is 9.78. The van der Waals surface area contributed by atoms with Crippen molar-refractivity contribution in [2.75, 3.05) is 20.8 Å². The first-order valence-electron chi connectivity index (χ1n) is 13.5. The van der Waals surface area contributed by atoms with Crippen LogP contribution >= 0.6 is 0 Å². The molecule has 0 radical (unpaired) electrons. The Kier molecular flexibility index (Phi) is 9.16. The van der Waals surface area contributed by atoms with Crippen molar-refractivity contribution in [3.63, 3.8) is 0 Å². The van der Waals surface area contributed by atoms with Crippen molar-refractivity contribution in [1.82, 2.24) is 0 Å². The van der Waals surface area contributed by atoms with Gasteiger partial charge in [0, 0.05) is 18.2 Å². The minimum atomic E-state index is -1.72. The minimum Gasteiger partial charge on any atom is -0.507 e. The fraction of sp³-hybridized carbons (Fsp3) is 0.250. The first kappa shape index (κ1) is 30.6. The largest absolute Gasteiger partial charge is 0.507 e. The predicted octanol–water partition coefficient (Wildman–Crippen LogP) is 2.63. The quantitative estimate of drug-likeness (QED) is 0.162. The average Bonchev–Trinajstić information content (AvgIpc) is 3.03. The normalized spacial score (nSPS) is 21.7. The van der Waals surface area contributed by atoms with Gasteiger partial charge in [0.25, 0.3) is 0 Å². The van der Waals surface area contributed by atoms with E-state index in [0.717, 1.165) is 17.7 Å².